The maximum Gasteiger partial charge on any atom is 0.271 e. The van der Waals surface area contributed by atoms with Crippen molar-refractivity contribution in [1.82, 2.24) is 20.5 Å². The molecule has 0 unspecified atom stereocenters. The van der Waals surface area contributed by atoms with Crippen molar-refractivity contribution >= 4 is 11.8 Å². The molecule has 0 radical (unpaired) electrons. The van der Waals surface area contributed by atoms with Crippen molar-refractivity contribution < 1.29 is 14.0 Å². The molecule has 0 saturated heterocycles. The zero-order chi connectivity index (χ0) is 13.8. The number of nitrogen functional groups attached to an aromatic ring is 1. The minimum absolute atomic E-state index is 0.229. The molecule has 0 aliphatic rings. The summed E-state index contributed by atoms with van der Waals surface area (Å²) in [5, 5.41) is 6.54. The Balaban J connectivity index is 2.18. The molecule has 0 saturated carbocycles. The Kier molecular flexibility index (Phi) is 3.62. The Bertz CT molecular complexity index is 601. The fourth-order valence-electron chi connectivity index (χ4n) is 1.59. The number of rotatable bonds is 4. The number of hydrazine groups is 1. The first kappa shape index (κ1) is 12.8. The second-order valence-corrected chi connectivity index (χ2v) is 3.71. The Morgan fingerprint density at radius 2 is 2.21 bits per heavy atom. The molecule has 4 N–H and O–H groups in total. The van der Waals surface area contributed by atoms with E-state index in [0.29, 0.717) is 17.0 Å². The summed E-state index contributed by atoms with van der Waals surface area (Å²) in [4.78, 5) is 22.8. The minimum Gasteiger partial charge on any atom is -0.467 e. The monoisotopic (exact) mass is 263 g/mol. The third kappa shape index (κ3) is 2.63. The Morgan fingerprint density at radius 3 is 2.89 bits per heavy atom. The predicted octanol–water partition coefficient (Wildman–Crippen LogP) is -0.512. The van der Waals surface area contributed by atoms with Crippen molar-refractivity contribution in [1.29, 1.82) is 0 Å². The molecule has 2 rings (SSSR count). The van der Waals surface area contributed by atoms with E-state index in [2.05, 4.69) is 10.4 Å². The molecular weight excluding hydrogens is 250 g/mol. The van der Waals surface area contributed by atoms with Crippen LogP contribution >= 0.6 is 0 Å². The lowest BCUT2D eigenvalue weighted by molar-refractivity contribution is 0.0944. The molecule has 2 aromatic rings. The number of hydrogen-bond donors (Lipinski definition) is 3. The second-order valence-electron chi connectivity index (χ2n) is 3.71. The lowest BCUT2D eigenvalue weighted by atomic mass is 10.2. The first-order valence-electron chi connectivity index (χ1n) is 5.48. The zero-order valence-electron chi connectivity index (χ0n) is 10.2. The lowest BCUT2D eigenvalue weighted by Crippen LogP contribution is -2.30. The van der Waals surface area contributed by atoms with Gasteiger partial charge in [-0.1, -0.05) is 0 Å². The molecule has 8 nitrogen and oxygen atoms in total. The van der Waals surface area contributed by atoms with Crippen LogP contribution in [0.5, 0.6) is 0 Å². The molecule has 0 atom stereocenters. The van der Waals surface area contributed by atoms with Gasteiger partial charge in [-0.3, -0.25) is 19.7 Å². The first-order valence-corrected chi connectivity index (χ1v) is 5.48. The van der Waals surface area contributed by atoms with Crippen LogP contribution in [0.3, 0.4) is 0 Å². The van der Waals surface area contributed by atoms with Crippen LogP contribution in [0, 0.1) is 0 Å². The van der Waals surface area contributed by atoms with Gasteiger partial charge < -0.3 is 9.73 Å². The van der Waals surface area contributed by atoms with Crippen LogP contribution in [0.4, 0.5) is 0 Å². The number of nitrogens with two attached hydrogens (primary N) is 1. The number of nitrogens with one attached hydrogen (secondary N) is 2. The summed E-state index contributed by atoms with van der Waals surface area (Å²) in [5.41, 5.74) is 2.66. The minimum atomic E-state index is -0.442. The summed E-state index contributed by atoms with van der Waals surface area (Å²) >= 11 is 0. The molecule has 0 fully saturated rings. The molecule has 2 amide bonds. The van der Waals surface area contributed by atoms with Crippen LogP contribution in [0.25, 0.3) is 0 Å². The van der Waals surface area contributed by atoms with Crippen molar-refractivity contribution in [3.05, 3.63) is 41.6 Å². The van der Waals surface area contributed by atoms with E-state index >= 15 is 0 Å². The fourth-order valence-corrected chi connectivity index (χ4v) is 1.59. The van der Waals surface area contributed by atoms with E-state index in [-0.39, 0.29) is 12.5 Å². The quantitative estimate of drug-likeness (QED) is 0.390. The van der Waals surface area contributed by atoms with Gasteiger partial charge in [0.15, 0.2) is 0 Å². The average Bonchev–Trinajstić information content (AvgIpc) is 3.06. The third-order valence-electron chi connectivity index (χ3n) is 2.53. The van der Waals surface area contributed by atoms with E-state index in [9.17, 15) is 9.59 Å². The predicted molar refractivity (Wildman–Crippen MR) is 65.1 cm³/mol. The molecule has 0 aliphatic heterocycles. The molecule has 2 aromatic heterocycles. The van der Waals surface area contributed by atoms with Gasteiger partial charge in [0.2, 0.25) is 0 Å². The molecule has 0 bridgehead atoms. The van der Waals surface area contributed by atoms with E-state index in [1.807, 2.05) is 5.43 Å². The number of furan rings is 1. The SMILES string of the molecule is CNC(=O)c1ccn(Cc2occc2C(=O)NN)n1. The number of carbonyl (C=O) groups excluding carboxylic acids is 2. The van der Waals surface area contributed by atoms with Gasteiger partial charge in [0.25, 0.3) is 11.8 Å². The molecule has 2 heterocycles. The summed E-state index contributed by atoms with van der Waals surface area (Å²) in [6.45, 7) is 0.229. The van der Waals surface area contributed by atoms with Crippen LogP contribution in [0.15, 0.2) is 29.0 Å². The van der Waals surface area contributed by atoms with Gasteiger partial charge in [-0.25, -0.2) is 5.84 Å². The maximum atomic E-state index is 11.5. The van der Waals surface area contributed by atoms with Gasteiger partial charge in [-0.2, -0.15) is 5.10 Å². The number of hydrogen-bond acceptors (Lipinski definition) is 5. The Labute approximate surface area is 108 Å². The van der Waals surface area contributed by atoms with Gasteiger partial charge in [0.1, 0.15) is 11.5 Å². The topological polar surface area (TPSA) is 115 Å². The number of amides is 2. The number of nitrogens with zero attached hydrogens (tertiary/aromatic N) is 2. The summed E-state index contributed by atoms with van der Waals surface area (Å²) in [6.07, 6.45) is 3.01. The number of carbonyl (C=O) groups is 2. The average molecular weight is 263 g/mol. The van der Waals surface area contributed by atoms with Crippen molar-refractivity contribution in [2.24, 2.45) is 5.84 Å². The molecular formula is C11H13N5O3. The van der Waals surface area contributed by atoms with Crippen molar-refractivity contribution in [3.8, 4) is 0 Å². The molecule has 19 heavy (non-hydrogen) atoms. The van der Waals surface area contributed by atoms with Crippen molar-refractivity contribution in [2.75, 3.05) is 7.05 Å². The van der Waals surface area contributed by atoms with Gasteiger partial charge >= 0.3 is 0 Å². The highest BCUT2D eigenvalue weighted by atomic mass is 16.3. The van der Waals surface area contributed by atoms with E-state index in [1.54, 1.807) is 12.3 Å². The van der Waals surface area contributed by atoms with E-state index in [0.717, 1.165) is 0 Å². The van der Waals surface area contributed by atoms with Gasteiger partial charge in [0.05, 0.1) is 18.4 Å². The summed E-state index contributed by atoms with van der Waals surface area (Å²) < 4.78 is 6.71. The van der Waals surface area contributed by atoms with Crippen molar-refractivity contribution in [3.63, 3.8) is 0 Å². The standard InChI is InChI=1S/C11H13N5O3/c1-13-11(18)8-2-4-16(15-8)6-9-7(3-5-19-9)10(17)14-12/h2-5H,6,12H2,1H3,(H,13,18)(H,14,17). The van der Waals surface area contributed by atoms with Gasteiger partial charge in [0, 0.05) is 13.2 Å². The number of aromatic nitrogens is 2. The van der Waals surface area contributed by atoms with Crippen LogP contribution < -0.4 is 16.6 Å². The summed E-state index contributed by atoms with van der Waals surface area (Å²) in [6, 6.07) is 3.09. The van der Waals surface area contributed by atoms with E-state index < -0.39 is 5.91 Å². The highest BCUT2D eigenvalue weighted by molar-refractivity contribution is 5.94. The molecule has 0 aromatic carbocycles. The maximum absolute atomic E-state index is 11.5. The first-order chi connectivity index (χ1) is 9.15. The van der Waals surface area contributed by atoms with Crippen LogP contribution in [0.1, 0.15) is 26.6 Å². The largest absolute Gasteiger partial charge is 0.467 e. The van der Waals surface area contributed by atoms with Crippen LogP contribution in [0.2, 0.25) is 0 Å². The third-order valence-corrected chi connectivity index (χ3v) is 2.53. The lowest BCUT2D eigenvalue weighted by Gasteiger charge is -2.02. The molecule has 0 aliphatic carbocycles. The smallest absolute Gasteiger partial charge is 0.271 e. The van der Waals surface area contributed by atoms with Crippen LogP contribution in [-0.2, 0) is 6.54 Å². The summed E-state index contributed by atoms with van der Waals surface area (Å²) in [7, 11) is 1.53. The second kappa shape index (κ2) is 5.36. The van der Waals surface area contributed by atoms with E-state index in [1.165, 1.54) is 24.1 Å². The highest BCUT2D eigenvalue weighted by Gasteiger charge is 2.15. The normalized spacial score (nSPS) is 10.2. The fraction of sp³-hybridized carbons (Fsp3) is 0.182. The molecule has 100 valence electrons. The zero-order valence-corrected chi connectivity index (χ0v) is 10.2. The Morgan fingerprint density at radius 1 is 1.42 bits per heavy atom. The van der Waals surface area contributed by atoms with Gasteiger partial charge in [-0.15, -0.1) is 0 Å². The van der Waals surface area contributed by atoms with Gasteiger partial charge in [-0.05, 0) is 12.1 Å². The van der Waals surface area contributed by atoms with Crippen molar-refractivity contribution in [2.45, 2.75) is 6.54 Å². The highest BCUT2D eigenvalue weighted by Crippen LogP contribution is 2.12. The summed E-state index contributed by atoms with van der Waals surface area (Å²) in [5.74, 6) is 4.76. The molecule has 0 spiro atoms. The van der Waals surface area contributed by atoms with E-state index in [4.69, 9.17) is 10.3 Å². The Hall–Kier alpha value is -2.61. The molecule has 8 heteroatoms. The van der Waals surface area contributed by atoms with Crippen LogP contribution in [-0.4, -0.2) is 28.6 Å².